The van der Waals surface area contributed by atoms with Crippen molar-refractivity contribution in [3.05, 3.63) is 0 Å². The van der Waals surface area contributed by atoms with Gasteiger partial charge in [-0.25, -0.2) is 4.79 Å². The lowest BCUT2D eigenvalue weighted by Crippen LogP contribution is -2.47. The molecule has 0 radical (unpaired) electrons. The number of carbonyl (C=O) groups is 1. The van der Waals surface area contributed by atoms with Gasteiger partial charge in [-0.1, -0.05) is 31.5 Å². The molecule has 0 aromatic carbocycles. The van der Waals surface area contributed by atoms with Crippen molar-refractivity contribution in [1.82, 2.24) is 10.2 Å². The van der Waals surface area contributed by atoms with Crippen molar-refractivity contribution in [2.75, 3.05) is 26.8 Å². The zero-order chi connectivity index (χ0) is 14.1. The molecule has 0 atom stereocenters. The maximum atomic E-state index is 12.2. The van der Waals surface area contributed by atoms with Gasteiger partial charge in [-0.15, -0.1) is 0 Å². The van der Waals surface area contributed by atoms with Crippen molar-refractivity contribution in [3.8, 4) is 0 Å². The first-order valence-corrected chi connectivity index (χ1v) is 7.37. The fourth-order valence-electron chi connectivity index (χ4n) is 2.27. The third-order valence-electron chi connectivity index (χ3n) is 3.41. The molecule has 0 aromatic heterocycles. The fourth-order valence-corrected chi connectivity index (χ4v) is 2.37. The average molecular weight is 287 g/mol. The predicted molar refractivity (Wildman–Crippen MR) is 80.3 cm³/mol. The summed E-state index contributed by atoms with van der Waals surface area (Å²) in [6.07, 6.45) is 6.41. The van der Waals surface area contributed by atoms with E-state index >= 15 is 0 Å². The number of hydrogen-bond acceptors (Lipinski definition) is 3. The molecule has 1 fully saturated rings. The Kier molecular flexibility index (Phi) is 7.74. The maximum Gasteiger partial charge on any atom is 0.317 e. The molecule has 0 aromatic rings. The molecule has 19 heavy (non-hydrogen) atoms. The summed E-state index contributed by atoms with van der Waals surface area (Å²) in [6.45, 7) is 1.64. The third-order valence-corrected chi connectivity index (χ3v) is 3.62. The van der Waals surface area contributed by atoms with Crippen LogP contribution >= 0.6 is 12.2 Å². The molecular formula is C13H25N3O2S. The molecule has 0 heterocycles. The van der Waals surface area contributed by atoms with Crippen molar-refractivity contribution in [3.63, 3.8) is 0 Å². The lowest BCUT2D eigenvalue weighted by Gasteiger charge is -2.28. The van der Waals surface area contributed by atoms with E-state index in [1.165, 1.54) is 19.3 Å². The van der Waals surface area contributed by atoms with Crippen molar-refractivity contribution < 1.29 is 9.53 Å². The monoisotopic (exact) mass is 287 g/mol. The molecule has 0 bridgehead atoms. The van der Waals surface area contributed by atoms with E-state index in [-0.39, 0.29) is 6.03 Å². The minimum absolute atomic E-state index is 0.0276. The number of hydrogen-bond donors (Lipinski definition) is 2. The summed E-state index contributed by atoms with van der Waals surface area (Å²) < 4.78 is 5.03. The second kappa shape index (κ2) is 9.09. The van der Waals surface area contributed by atoms with Crippen LogP contribution in [0.4, 0.5) is 4.79 Å². The van der Waals surface area contributed by atoms with Gasteiger partial charge >= 0.3 is 6.03 Å². The minimum Gasteiger partial charge on any atom is -0.393 e. The van der Waals surface area contributed by atoms with Crippen molar-refractivity contribution in [2.24, 2.45) is 5.73 Å². The number of methoxy groups -OCH3 is 1. The van der Waals surface area contributed by atoms with Crippen molar-refractivity contribution in [2.45, 2.75) is 44.6 Å². The Bertz CT molecular complexity index is 294. The van der Waals surface area contributed by atoms with E-state index in [2.05, 4.69) is 5.32 Å². The van der Waals surface area contributed by atoms with Crippen LogP contribution in [0.15, 0.2) is 0 Å². The normalized spacial score (nSPS) is 16.1. The molecule has 3 N–H and O–H groups in total. The van der Waals surface area contributed by atoms with Gasteiger partial charge in [-0.2, -0.15) is 0 Å². The molecule has 1 saturated carbocycles. The first kappa shape index (κ1) is 16.2. The van der Waals surface area contributed by atoms with E-state index in [4.69, 9.17) is 22.7 Å². The Labute approximate surface area is 120 Å². The minimum atomic E-state index is -0.0276. The number of urea groups is 1. The van der Waals surface area contributed by atoms with Crippen molar-refractivity contribution in [1.29, 1.82) is 0 Å². The fraction of sp³-hybridized carbons (Fsp3) is 0.846. The topological polar surface area (TPSA) is 67.6 Å². The van der Waals surface area contributed by atoms with Gasteiger partial charge in [0.1, 0.15) is 0 Å². The zero-order valence-electron chi connectivity index (χ0n) is 11.7. The van der Waals surface area contributed by atoms with E-state index in [0.717, 1.165) is 12.8 Å². The van der Waals surface area contributed by atoms with Gasteiger partial charge in [0, 0.05) is 32.7 Å². The van der Waals surface area contributed by atoms with Gasteiger partial charge in [0.05, 0.1) is 11.6 Å². The van der Waals surface area contributed by atoms with Crippen LogP contribution in [0.25, 0.3) is 0 Å². The van der Waals surface area contributed by atoms with Gasteiger partial charge in [-0.3, -0.25) is 0 Å². The van der Waals surface area contributed by atoms with Crippen LogP contribution in [0.3, 0.4) is 0 Å². The van der Waals surface area contributed by atoms with E-state index in [0.29, 0.717) is 37.1 Å². The first-order valence-electron chi connectivity index (χ1n) is 6.96. The summed E-state index contributed by atoms with van der Waals surface area (Å²) in [5.41, 5.74) is 5.50. The predicted octanol–water partition coefficient (Wildman–Crippen LogP) is 1.65. The molecule has 110 valence electrons. The zero-order valence-corrected chi connectivity index (χ0v) is 12.5. The van der Waals surface area contributed by atoms with Crippen LogP contribution in [-0.4, -0.2) is 48.8 Å². The highest BCUT2D eigenvalue weighted by atomic mass is 32.1. The molecule has 1 aliphatic rings. The Morgan fingerprint density at radius 3 is 2.63 bits per heavy atom. The van der Waals surface area contributed by atoms with Gasteiger partial charge in [0.2, 0.25) is 0 Å². The van der Waals surface area contributed by atoms with E-state index in [1.807, 2.05) is 0 Å². The highest BCUT2D eigenvalue weighted by molar-refractivity contribution is 7.80. The number of nitrogens with two attached hydrogens (primary N) is 1. The van der Waals surface area contributed by atoms with Gasteiger partial charge < -0.3 is 20.7 Å². The lowest BCUT2D eigenvalue weighted by atomic mass is 9.96. The largest absolute Gasteiger partial charge is 0.393 e. The molecule has 5 nitrogen and oxygen atoms in total. The first-order chi connectivity index (χ1) is 9.13. The lowest BCUT2D eigenvalue weighted by molar-refractivity contribution is 0.147. The summed E-state index contributed by atoms with van der Waals surface area (Å²) in [5, 5.41) is 3.10. The van der Waals surface area contributed by atoms with E-state index < -0.39 is 0 Å². The number of ether oxygens (including phenoxy) is 1. The molecule has 0 saturated heterocycles. The molecule has 1 aliphatic carbocycles. The number of nitrogens with zero attached hydrogens (tertiary/aromatic N) is 1. The number of thiocarbonyl (C=S) groups is 1. The number of carbonyl (C=O) groups excluding carboxylic acids is 1. The van der Waals surface area contributed by atoms with E-state index in [1.54, 1.807) is 12.0 Å². The second-order valence-corrected chi connectivity index (χ2v) is 5.50. The van der Waals surface area contributed by atoms with Crippen molar-refractivity contribution >= 4 is 23.2 Å². The Morgan fingerprint density at radius 1 is 1.37 bits per heavy atom. The van der Waals surface area contributed by atoms with Crippen LogP contribution in [0.1, 0.15) is 38.5 Å². The van der Waals surface area contributed by atoms with Gasteiger partial charge in [0.25, 0.3) is 0 Å². The summed E-state index contributed by atoms with van der Waals surface area (Å²) in [4.78, 5) is 14.4. The van der Waals surface area contributed by atoms with Crippen LogP contribution < -0.4 is 11.1 Å². The average Bonchev–Trinajstić information content (AvgIpc) is 2.39. The van der Waals surface area contributed by atoms with Gasteiger partial charge in [0.15, 0.2) is 0 Å². The molecule has 2 amide bonds. The standard InChI is InChI=1S/C13H25N3O2S/c1-18-10-9-16(8-7-12(14)19)13(17)15-11-5-3-2-4-6-11/h11H,2-10H2,1H3,(H2,14,19)(H,15,17). The molecule has 0 unspecified atom stereocenters. The number of amides is 2. The maximum absolute atomic E-state index is 12.2. The van der Waals surface area contributed by atoms with Crippen LogP contribution in [0, 0.1) is 0 Å². The number of rotatable bonds is 7. The molecule has 0 spiro atoms. The molecule has 0 aliphatic heterocycles. The molecule has 6 heteroatoms. The summed E-state index contributed by atoms with van der Waals surface area (Å²) in [7, 11) is 1.63. The third kappa shape index (κ3) is 6.73. The van der Waals surface area contributed by atoms with Gasteiger partial charge in [-0.05, 0) is 12.8 Å². The van der Waals surface area contributed by atoms with Crippen LogP contribution in [0.5, 0.6) is 0 Å². The Morgan fingerprint density at radius 2 is 2.05 bits per heavy atom. The second-order valence-electron chi connectivity index (χ2n) is 4.98. The number of nitrogens with one attached hydrogen (secondary N) is 1. The highest BCUT2D eigenvalue weighted by Crippen LogP contribution is 2.17. The van der Waals surface area contributed by atoms with Crippen LogP contribution in [-0.2, 0) is 4.74 Å². The summed E-state index contributed by atoms with van der Waals surface area (Å²) >= 11 is 4.86. The highest BCUT2D eigenvalue weighted by Gasteiger charge is 2.19. The quantitative estimate of drug-likeness (QED) is 0.699. The Balaban J connectivity index is 2.41. The molecular weight excluding hydrogens is 262 g/mol. The Hall–Kier alpha value is -0.880. The smallest absolute Gasteiger partial charge is 0.317 e. The summed E-state index contributed by atoms with van der Waals surface area (Å²) in [5.74, 6) is 0. The van der Waals surface area contributed by atoms with Crippen LogP contribution in [0.2, 0.25) is 0 Å². The summed E-state index contributed by atoms with van der Waals surface area (Å²) in [6, 6.07) is 0.288. The molecule has 1 rings (SSSR count). The SMILES string of the molecule is COCCN(CCC(N)=S)C(=O)NC1CCCCC1. The van der Waals surface area contributed by atoms with E-state index in [9.17, 15) is 4.79 Å².